The van der Waals surface area contributed by atoms with Crippen LogP contribution in [-0.2, 0) is 11.2 Å². The van der Waals surface area contributed by atoms with Crippen LogP contribution in [0.15, 0.2) is 44.4 Å². The molecule has 2 atom stereocenters. The van der Waals surface area contributed by atoms with Gasteiger partial charge < -0.3 is 24.2 Å². The molecule has 2 aromatic rings. The van der Waals surface area contributed by atoms with Gasteiger partial charge in [0.15, 0.2) is 5.96 Å². The Balaban J connectivity index is 0.00000243. The molecular weight excluding hydrogens is 445 g/mol. The number of hydrogen-bond acceptors (Lipinski definition) is 4. The Kier molecular flexibility index (Phi) is 8.50. The molecule has 0 aliphatic carbocycles. The van der Waals surface area contributed by atoms with Crippen molar-refractivity contribution in [3.05, 3.63) is 47.8 Å². The monoisotopic (exact) mass is 473 g/mol. The van der Waals surface area contributed by atoms with Crippen molar-refractivity contribution < 1.29 is 13.6 Å². The van der Waals surface area contributed by atoms with Crippen LogP contribution in [-0.4, -0.2) is 31.8 Å². The Hall–Kier alpha value is -1.48. The van der Waals surface area contributed by atoms with Crippen molar-refractivity contribution in [1.29, 1.82) is 0 Å². The van der Waals surface area contributed by atoms with Gasteiger partial charge in [-0.2, -0.15) is 0 Å². The highest BCUT2D eigenvalue weighted by atomic mass is 127. The van der Waals surface area contributed by atoms with Crippen LogP contribution in [0.25, 0.3) is 0 Å². The first-order chi connectivity index (χ1) is 12.2. The van der Waals surface area contributed by atoms with Crippen molar-refractivity contribution in [3.8, 4) is 0 Å². The molecule has 0 amide bonds. The normalized spacial score (nSPS) is 18.4. The summed E-state index contributed by atoms with van der Waals surface area (Å²) in [6.07, 6.45) is 4.93. The highest BCUT2D eigenvalue weighted by molar-refractivity contribution is 14.0. The molecule has 2 N–H and O–H groups in total. The van der Waals surface area contributed by atoms with E-state index in [-0.39, 0.29) is 36.1 Å². The molecule has 1 aliphatic rings. The third-order valence-electron chi connectivity index (χ3n) is 4.26. The molecular formula is C19H28IN3O3. The molecule has 3 rings (SSSR count). The summed E-state index contributed by atoms with van der Waals surface area (Å²) >= 11 is 0. The molecule has 3 heterocycles. The van der Waals surface area contributed by atoms with Gasteiger partial charge >= 0.3 is 0 Å². The van der Waals surface area contributed by atoms with Gasteiger partial charge in [-0.25, -0.2) is 0 Å². The van der Waals surface area contributed by atoms with Crippen LogP contribution in [0, 0.1) is 6.92 Å². The largest absolute Gasteiger partial charge is 0.469 e. The second-order valence-electron chi connectivity index (χ2n) is 6.39. The summed E-state index contributed by atoms with van der Waals surface area (Å²) in [6.45, 7) is 6.27. The summed E-state index contributed by atoms with van der Waals surface area (Å²) < 4.78 is 16.7. The van der Waals surface area contributed by atoms with E-state index in [2.05, 4.69) is 17.6 Å². The van der Waals surface area contributed by atoms with E-state index in [0.29, 0.717) is 6.54 Å². The van der Waals surface area contributed by atoms with Crippen LogP contribution in [0.1, 0.15) is 43.1 Å². The van der Waals surface area contributed by atoms with E-state index in [0.717, 1.165) is 55.7 Å². The minimum Gasteiger partial charge on any atom is -0.469 e. The van der Waals surface area contributed by atoms with E-state index in [1.807, 2.05) is 31.2 Å². The van der Waals surface area contributed by atoms with Crippen molar-refractivity contribution >= 4 is 29.9 Å². The Bertz CT molecular complexity index is 663. The molecule has 0 saturated carbocycles. The minimum absolute atomic E-state index is 0. The number of nitrogens with one attached hydrogen (secondary N) is 2. The SMILES string of the molecule is Cc1ccc(C(C)NC(=NCC2CCCO2)NCCc2ccco2)o1.I. The highest BCUT2D eigenvalue weighted by Crippen LogP contribution is 2.16. The highest BCUT2D eigenvalue weighted by Gasteiger charge is 2.16. The van der Waals surface area contributed by atoms with Gasteiger partial charge in [0.2, 0.25) is 0 Å². The standard InChI is InChI=1S/C19H27N3O3.HI/c1-14-7-8-18(25-14)15(2)22-19(21-13-17-6-4-12-24-17)20-10-9-16-5-3-11-23-16;/h3,5,7-8,11,15,17H,4,6,9-10,12-13H2,1-2H3,(H2,20,21,22);1H. The maximum atomic E-state index is 5.70. The van der Waals surface area contributed by atoms with Crippen molar-refractivity contribution in [2.24, 2.45) is 4.99 Å². The number of guanidine groups is 1. The second-order valence-corrected chi connectivity index (χ2v) is 6.39. The summed E-state index contributed by atoms with van der Waals surface area (Å²) in [5.74, 6) is 3.53. The number of nitrogens with zero attached hydrogens (tertiary/aromatic N) is 1. The Morgan fingerprint density at radius 3 is 2.88 bits per heavy atom. The number of ether oxygens (including phenoxy) is 1. The first kappa shape index (κ1) is 20.8. The zero-order valence-corrected chi connectivity index (χ0v) is 17.7. The molecule has 2 aromatic heterocycles. The number of halogens is 1. The van der Waals surface area contributed by atoms with Crippen LogP contribution >= 0.6 is 24.0 Å². The summed E-state index contributed by atoms with van der Waals surface area (Å²) in [5.41, 5.74) is 0. The topological polar surface area (TPSA) is 71.9 Å². The molecule has 0 aromatic carbocycles. The van der Waals surface area contributed by atoms with Gasteiger partial charge in [0, 0.05) is 19.6 Å². The fourth-order valence-electron chi connectivity index (χ4n) is 2.86. The lowest BCUT2D eigenvalue weighted by molar-refractivity contribution is 0.117. The average Bonchev–Trinajstić information content (AvgIpc) is 3.35. The van der Waals surface area contributed by atoms with E-state index in [9.17, 15) is 0 Å². The molecule has 144 valence electrons. The molecule has 0 radical (unpaired) electrons. The molecule has 7 heteroatoms. The number of furan rings is 2. The first-order valence-electron chi connectivity index (χ1n) is 8.96. The van der Waals surface area contributed by atoms with Crippen molar-refractivity contribution in [2.75, 3.05) is 19.7 Å². The molecule has 0 spiro atoms. The Morgan fingerprint density at radius 1 is 1.35 bits per heavy atom. The summed E-state index contributed by atoms with van der Waals surface area (Å²) in [5, 5.41) is 6.78. The fraction of sp³-hybridized carbons (Fsp3) is 0.526. The smallest absolute Gasteiger partial charge is 0.191 e. The van der Waals surface area contributed by atoms with Gasteiger partial charge in [0.1, 0.15) is 17.3 Å². The molecule has 2 unspecified atom stereocenters. The number of aliphatic imine (C=N–C) groups is 1. The van der Waals surface area contributed by atoms with Crippen molar-refractivity contribution in [2.45, 2.75) is 45.3 Å². The number of hydrogen-bond donors (Lipinski definition) is 2. The molecule has 1 saturated heterocycles. The average molecular weight is 473 g/mol. The fourth-order valence-corrected chi connectivity index (χ4v) is 2.86. The summed E-state index contributed by atoms with van der Waals surface area (Å²) in [6, 6.07) is 7.88. The van der Waals surface area contributed by atoms with E-state index in [4.69, 9.17) is 18.6 Å². The third-order valence-corrected chi connectivity index (χ3v) is 4.26. The van der Waals surface area contributed by atoms with Crippen LogP contribution in [0.5, 0.6) is 0 Å². The zero-order valence-electron chi connectivity index (χ0n) is 15.4. The lowest BCUT2D eigenvalue weighted by Gasteiger charge is -2.17. The van der Waals surface area contributed by atoms with Crippen molar-refractivity contribution in [3.63, 3.8) is 0 Å². The predicted molar refractivity (Wildman–Crippen MR) is 112 cm³/mol. The van der Waals surface area contributed by atoms with Gasteiger partial charge in [-0.3, -0.25) is 4.99 Å². The quantitative estimate of drug-likeness (QED) is 0.364. The third kappa shape index (κ3) is 6.35. The van der Waals surface area contributed by atoms with Crippen LogP contribution in [0.2, 0.25) is 0 Å². The molecule has 1 aliphatic heterocycles. The summed E-state index contributed by atoms with van der Waals surface area (Å²) in [7, 11) is 0. The molecule has 26 heavy (non-hydrogen) atoms. The van der Waals surface area contributed by atoms with Crippen molar-refractivity contribution in [1.82, 2.24) is 10.6 Å². The van der Waals surface area contributed by atoms with Crippen LogP contribution in [0.4, 0.5) is 0 Å². The van der Waals surface area contributed by atoms with Gasteiger partial charge in [0.25, 0.3) is 0 Å². The first-order valence-corrected chi connectivity index (χ1v) is 8.96. The maximum absolute atomic E-state index is 5.70. The number of aryl methyl sites for hydroxylation is 1. The van der Waals surface area contributed by atoms with Crippen LogP contribution < -0.4 is 10.6 Å². The van der Waals surface area contributed by atoms with E-state index in [1.165, 1.54) is 0 Å². The maximum Gasteiger partial charge on any atom is 0.191 e. The molecule has 0 bridgehead atoms. The Morgan fingerprint density at radius 2 is 2.23 bits per heavy atom. The molecule has 6 nitrogen and oxygen atoms in total. The van der Waals surface area contributed by atoms with E-state index < -0.39 is 0 Å². The van der Waals surface area contributed by atoms with Gasteiger partial charge in [-0.05, 0) is 51.0 Å². The van der Waals surface area contributed by atoms with E-state index >= 15 is 0 Å². The summed E-state index contributed by atoms with van der Waals surface area (Å²) in [4.78, 5) is 4.69. The van der Waals surface area contributed by atoms with Gasteiger partial charge in [0.05, 0.1) is 25.0 Å². The second kappa shape index (κ2) is 10.6. The predicted octanol–water partition coefficient (Wildman–Crippen LogP) is 3.82. The lowest BCUT2D eigenvalue weighted by atomic mass is 10.2. The zero-order chi connectivity index (χ0) is 17.5. The lowest BCUT2D eigenvalue weighted by Crippen LogP contribution is -2.40. The Labute approximate surface area is 171 Å². The minimum atomic E-state index is 0. The van der Waals surface area contributed by atoms with Crippen LogP contribution in [0.3, 0.4) is 0 Å². The molecule has 1 fully saturated rings. The van der Waals surface area contributed by atoms with E-state index in [1.54, 1.807) is 6.26 Å². The number of rotatable bonds is 7. The van der Waals surface area contributed by atoms with Gasteiger partial charge in [-0.15, -0.1) is 24.0 Å². The van der Waals surface area contributed by atoms with Gasteiger partial charge in [-0.1, -0.05) is 0 Å².